The zero-order valence-electron chi connectivity index (χ0n) is 9.04. The van der Waals surface area contributed by atoms with E-state index in [1.165, 1.54) is 58.2 Å². The molecule has 2 atom stereocenters. The Labute approximate surface area is 87.0 Å². The van der Waals surface area contributed by atoms with Crippen molar-refractivity contribution < 1.29 is 0 Å². The zero-order valence-corrected chi connectivity index (χ0v) is 9.04. The number of hydrogen-bond acceptors (Lipinski definition) is 2. The number of hydrogen-bond donors (Lipinski definition) is 1. The second-order valence-electron chi connectivity index (χ2n) is 5.31. The first kappa shape index (κ1) is 9.17. The predicted octanol–water partition coefficient (Wildman–Crippen LogP) is 1.61. The summed E-state index contributed by atoms with van der Waals surface area (Å²) in [6.07, 6.45) is 8.70. The zero-order chi connectivity index (χ0) is 9.38. The van der Waals surface area contributed by atoms with E-state index < -0.39 is 0 Å². The van der Waals surface area contributed by atoms with Crippen LogP contribution in [0.25, 0.3) is 0 Å². The number of nitrogens with one attached hydrogen (secondary N) is 1. The minimum atomic E-state index is 0.854. The van der Waals surface area contributed by atoms with Crippen LogP contribution in [-0.2, 0) is 0 Å². The van der Waals surface area contributed by atoms with Gasteiger partial charge in [-0.25, -0.2) is 0 Å². The van der Waals surface area contributed by atoms with Crippen LogP contribution in [0, 0.1) is 5.92 Å². The van der Waals surface area contributed by atoms with E-state index >= 15 is 0 Å². The van der Waals surface area contributed by atoms with Gasteiger partial charge in [0.25, 0.3) is 0 Å². The van der Waals surface area contributed by atoms with Crippen LogP contribution in [-0.4, -0.2) is 36.6 Å². The van der Waals surface area contributed by atoms with Gasteiger partial charge in [0.1, 0.15) is 0 Å². The first-order chi connectivity index (χ1) is 6.93. The molecule has 3 rings (SSSR count). The van der Waals surface area contributed by atoms with E-state index in [2.05, 4.69) is 10.2 Å². The van der Waals surface area contributed by atoms with Gasteiger partial charge in [0.15, 0.2) is 0 Å². The number of fused-ring (bicyclic) bond motifs is 1. The van der Waals surface area contributed by atoms with E-state index in [0.29, 0.717) is 0 Å². The number of nitrogens with zero attached hydrogens (tertiary/aromatic N) is 1. The van der Waals surface area contributed by atoms with Crippen molar-refractivity contribution in [2.75, 3.05) is 19.6 Å². The topological polar surface area (TPSA) is 15.3 Å². The van der Waals surface area contributed by atoms with Gasteiger partial charge in [-0.3, -0.25) is 0 Å². The minimum Gasteiger partial charge on any atom is -0.314 e. The first-order valence-corrected chi connectivity index (χ1v) is 6.41. The lowest BCUT2D eigenvalue weighted by Crippen LogP contribution is -2.41. The lowest BCUT2D eigenvalue weighted by molar-refractivity contribution is 0.266. The molecule has 0 aromatic rings. The summed E-state index contributed by atoms with van der Waals surface area (Å²) >= 11 is 0. The maximum Gasteiger partial charge on any atom is 0.0108 e. The Morgan fingerprint density at radius 3 is 2.64 bits per heavy atom. The molecule has 1 N–H and O–H groups in total. The average molecular weight is 194 g/mol. The molecule has 0 aromatic carbocycles. The van der Waals surface area contributed by atoms with Crippen LogP contribution in [0.2, 0.25) is 0 Å². The third-order valence-corrected chi connectivity index (χ3v) is 4.30. The molecule has 3 fully saturated rings. The molecule has 0 amide bonds. The highest BCUT2D eigenvalue weighted by Gasteiger charge is 2.34. The molecule has 0 spiro atoms. The van der Waals surface area contributed by atoms with Gasteiger partial charge in [0.2, 0.25) is 0 Å². The molecule has 80 valence electrons. The van der Waals surface area contributed by atoms with E-state index in [0.717, 1.165) is 18.0 Å². The quantitative estimate of drug-likeness (QED) is 0.682. The van der Waals surface area contributed by atoms with Gasteiger partial charge in [0, 0.05) is 12.1 Å². The first-order valence-electron chi connectivity index (χ1n) is 6.41. The van der Waals surface area contributed by atoms with E-state index in [4.69, 9.17) is 0 Å². The van der Waals surface area contributed by atoms with Gasteiger partial charge >= 0.3 is 0 Å². The fourth-order valence-electron chi connectivity index (χ4n) is 3.26. The number of rotatable bonds is 1. The Morgan fingerprint density at radius 1 is 0.929 bits per heavy atom. The van der Waals surface area contributed by atoms with Crippen molar-refractivity contribution in [1.29, 1.82) is 0 Å². The van der Waals surface area contributed by atoms with Gasteiger partial charge in [-0.05, 0) is 64.1 Å². The summed E-state index contributed by atoms with van der Waals surface area (Å²) in [4.78, 5) is 2.75. The normalized spacial score (nSPS) is 40.3. The Hall–Kier alpha value is -0.0800. The van der Waals surface area contributed by atoms with E-state index in [-0.39, 0.29) is 0 Å². The summed E-state index contributed by atoms with van der Waals surface area (Å²) in [5, 5.41) is 3.71. The van der Waals surface area contributed by atoms with E-state index in [1.807, 2.05) is 0 Å². The van der Waals surface area contributed by atoms with Crippen LogP contribution < -0.4 is 5.32 Å². The van der Waals surface area contributed by atoms with Crippen LogP contribution in [0.15, 0.2) is 0 Å². The fraction of sp³-hybridized carbons (Fsp3) is 1.00. The van der Waals surface area contributed by atoms with Crippen molar-refractivity contribution in [3.05, 3.63) is 0 Å². The van der Waals surface area contributed by atoms with Crippen molar-refractivity contribution in [2.24, 2.45) is 5.92 Å². The molecule has 2 unspecified atom stereocenters. The highest BCUT2D eigenvalue weighted by molar-refractivity contribution is 4.91. The summed E-state index contributed by atoms with van der Waals surface area (Å²) in [6, 6.07) is 1.84. The lowest BCUT2D eigenvalue weighted by atomic mass is 9.87. The maximum absolute atomic E-state index is 3.71. The summed E-state index contributed by atoms with van der Waals surface area (Å²) in [5.74, 6) is 0.993. The van der Waals surface area contributed by atoms with Crippen molar-refractivity contribution in [3.8, 4) is 0 Å². The van der Waals surface area contributed by atoms with Gasteiger partial charge in [-0.1, -0.05) is 0 Å². The lowest BCUT2D eigenvalue weighted by Gasteiger charge is -2.30. The molecule has 2 heterocycles. The molecule has 2 nitrogen and oxygen atoms in total. The second-order valence-corrected chi connectivity index (χ2v) is 5.31. The molecule has 1 aliphatic carbocycles. The van der Waals surface area contributed by atoms with Gasteiger partial charge < -0.3 is 10.2 Å². The maximum atomic E-state index is 3.71. The van der Waals surface area contributed by atoms with Crippen LogP contribution >= 0.6 is 0 Å². The second kappa shape index (κ2) is 3.82. The molecule has 0 aromatic heterocycles. The molecule has 1 saturated carbocycles. The van der Waals surface area contributed by atoms with Crippen LogP contribution in [0.1, 0.15) is 38.5 Å². The molecule has 2 aliphatic heterocycles. The Morgan fingerprint density at radius 2 is 1.79 bits per heavy atom. The fourth-order valence-corrected chi connectivity index (χ4v) is 3.26. The standard InChI is InChI=1S/C12H22N2/c1-2-10-5-8-14(11-3-4-11)9-6-12(10)13-7-1/h10-13H,1-9H2. The van der Waals surface area contributed by atoms with Crippen LogP contribution in [0.3, 0.4) is 0 Å². The number of likely N-dealkylation sites (tertiary alicyclic amines) is 1. The van der Waals surface area contributed by atoms with Crippen molar-refractivity contribution >= 4 is 0 Å². The highest BCUT2D eigenvalue weighted by Crippen LogP contribution is 2.32. The average Bonchev–Trinajstić information content (AvgIpc) is 3.03. The summed E-state index contributed by atoms with van der Waals surface area (Å²) in [7, 11) is 0. The van der Waals surface area contributed by atoms with Crippen LogP contribution in [0.5, 0.6) is 0 Å². The number of piperidine rings is 1. The van der Waals surface area contributed by atoms with Gasteiger partial charge in [-0.15, -0.1) is 0 Å². The van der Waals surface area contributed by atoms with Crippen molar-refractivity contribution in [1.82, 2.24) is 10.2 Å². The third kappa shape index (κ3) is 1.82. The van der Waals surface area contributed by atoms with E-state index in [1.54, 1.807) is 0 Å². The molecule has 0 bridgehead atoms. The predicted molar refractivity (Wildman–Crippen MR) is 58.3 cm³/mol. The Kier molecular flexibility index (Phi) is 2.50. The largest absolute Gasteiger partial charge is 0.314 e. The van der Waals surface area contributed by atoms with Crippen molar-refractivity contribution in [3.63, 3.8) is 0 Å². The van der Waals surface area contributed by atoms with Crippen LogP contribution in [0.4, 0.5) is 0 Å². The summed E-state index contributed by atoms with van der Waals surface area (Å²) in [5.41, 5.74) is 0. The molecular formula is C12H22N2. The smallest absolute Gasteiger partial charge is 0.0108 e. The molecule has 3 aliphatic rings. The summed E-state index contributed by atoms with van der Waals surface area (Å²) < 4.78 is 0. The van der Waals surface area contributed by atoms with Gasteiger partial charge in [-0.2, -0.15) is 0 Å². The Bertz CT molecular complexity index is 184. The molecule has 2 heteroatoms. The van der Waals surface area contributed by atoms with E-state index in [9.17, 15) is 0 Å². The Balaban J connectivity index is 1.61. The third-order valence-electron chi connectivity index (χ3n) is 4.30. The minimum absolute atomic E-state index is 0.854. The molecule has 14 heavy (non-hydrogen) atoms. The molecule has 0 radical (unpaired) electrons. The summed E-state index contributed by atoms with van der Waals surface area (Å²) in [6.45, 7) is 4.01. The SMILES string of the molecule is C1CNC2CCN(C3CC3)CCC2C1. The monoisotopic (exact) mass is 194 g/mol. The highest BCUT2D eigenvalue weighted by atomic mass is 15.2. The molecule has 2 saturated heterocycles. The van der Waals surface area contributed by atoms with Crippen molar-refractivity contribution in [2.45, 2.75) is 50.6 Å². The molecular weight excluding hydrogens is 172 g/mol. The van der Waals surface area contributed by atoms with Gasteiger partial charge in [0.05, 0.1) is 0 Å².